The van der Waals surface area contributed by atoms with Crippen LogP contribution in [0.3, 0.4) is 0 Å². The van der Waals surface area contributed by atoms with E-state index in [1.807, 2.05) is 23.0 Å². The van der Waals surface area contributed by atoms with Crippen LogP contribution in [0.15, 0.2) is 36.7 Å². The molecule has 5 nitrogen and oxygen atoms in total. The Hall–Kier alpha value is -1.85. The molecular formula is C15H18ClN3O2. The van der Waals surface area contributed by atoms with Crippen molar-refractivity contribution in [2.75, 3.05) is 0 Å². The molecule has 0 spiro atoms. The van der Waals surface area contributed by atoms with Crippen molar-refractivity contribution < 1.29 is 4.92 Å². The zero-order valence-electron chi connectivity index (χ0n) is 12.0. The number of hydrogen-bond acceptors (Lipinski definition) is 3. The van der Waals surface area contributed by atoms with Crippen molar-refractivity contribution in [1.29, 1.82) is 0 Å². The van der Waals surface area contributed by atoms with Crippen LogP contribution in [0.2, 0.25) is 5.02 Å². The molecule has 1 heterocycles. The summed E-state index contributed by atoms with van der Waals surface area (Å²) in [6, 6.07) is 7.05. The number of hydrogen-bond donors (Lipinski definition) is 1. The topological polar surface area (TPSA) is 60.1 Å². The second-order valence-electron chi connectivity index (χ2n) is 5.26. The summed E-state index contributed by atoms with van der Waals surface area (Å²) in [5, 5.41) is 14.9. The van der Waals surface area contributed by atoms with Crippen LogP contribution in [0.25, 0.3) is 0 Å². The highest BCUT2D eigenvalue weighted by molar-refractivity contribution is 6.30. The van der Waals surface area contributed by atoms with Gasteiger partial charge in [0.25, 0.3) is 5.69 Å². The summed E-state index contributed by atoms with van der Waals surface area (Å²) in [4.78, 5) is 10.7. The first-order chi connectivity index (χ1) is 9.95. The van der Waals surface area contributed by atoms with Crippen LogP contribution in [0.5, 0.6) is 0 Å². The summed E-state index contributed by atoms with van der Waals surface area (Å²) in [5.74, 6) is 0. The van der Waals surface area contributed by atoms with Crippen LogP contribution in [-0.4, -0.2) is 15.5 Å². The first kappa shape index (κ1) is 15.5. The number of aromatic nitrogens is 1. The monoisotopic (exact) mass is 307 g/mol. The zero-order chi connectivity index (χ0) is 15.4. The maximum absolute atomic E-state index is 11.0. The fourth-order valence-corrected chi connectivity index (χ4v) is 2.27. The van der Waals surface area contributed by atoms with E-state index in [2.05, 4.69) is 19.2 Å². The third-order valence-electron chi connectivity index (χ3n) is 3.12. The highest BCUT2D eigenvalue weighted by atomic mass is 35.5. The van der Waals surface area contributed by atoms with E-state index >= 15 is 0 Å². The van der Waals surface area contributed by atoms with Gasteiger partial charge in [0.2, 0.25) is 0 Å². The quantitative estimate of drug-likeness (QED) is 0.655. The van der Waals surface area contributed by atoms with Crippen molar-refractivity contribution in [3.8, 4) is 0 Å². The van der Waals surface area contributed by atoms with Crippen LogP contribution in [0, 0.1) is 10.1 Å². The molecule has 1 aromatic carbocycles. The molecule has 0 fully saturated rings. The van der Waals surface area contributed by atoms with Gasteiger partial charge < -0.3 is 9.88 Å². The Morgan fingerprint density at radius 3 is 2.81 bits per heavy atom. The normalized spacial score (nSPS) is 11.0. The summed E-state index contributed by atoms with van der Waals surface area (Å²) in [6.07, 6.45) is 3.90. The van der Waals surface area contributed by atoms with E-state index in [-0.39, 0.29) is 10.6 Å². The lowest BCUT2D eigenvalue weighted by atomic mass is 10.2. The van der Waals surface area contributed by atoms with Gasteiger partial charge >= 0.3 is 0 Å². The zero-order valence-corrected chi connectivity index (χ0v) is 12.8. The maximum atomic E-state index is 11.0. The van der Waals surface area contributed by atoms with Gasteiger partial charge in [-0.3, -0.25) is 10.1 Å². The molecule has 2 rings (SSSR count). The summed E-state index contributed by atoms with van der Waals surface area (Å²) in [7, 11) is 0. The second-order valence-corrected chi connectivity index (χ2v) is 5.69. The van der Waals surface area contributed by atoms with Crippen molar-refractivity contribution in [3.05, 3.63) is 62.9 Å². The summed E-state index contributed by atoms with van der Waals surface area (Å²) in [5.41, 5.74) is 1.84. The van der Waals surface area contributed by atoms with E-state index in [1.165, 1.54) is 12.1 Å². The Kier molecular flexibility index (Phi) is 4.98. The molecule has 6 heteroatoms. The van der Waals surface area contributed by atoms with Gasteiger partial charge in [0.15, 0.2) is 0 Å². The Balaban J connectivity index is 2.15. The highest BCUT2D eigenvalue weighted by Gasteiger charge is 2.14. The molecule has 0 radical (unpaired) electrons. The number of nitrogens with one attached hydrogen (secondary N) is 1. The number of nitrogens with zero attached hydrogens (tertiary/aromatic N) is 2. The van der Waals surface area contributed by atoms with E-state index in [1.54, 1.807) is 6.07 Å². The lowest BCUT2D eigenvalue weighted by molar-refractivity contribution is -0.385. The Morgan fingerprint density at radius 1 is 1.38 bits per heavy atom. The lowest BCUT2D eigenvalue weighted by Gasteiger charge is -2.07. The van der Waals surface area contributed by atoms with Gasteiger partial charge in [-0.2, -0.15) is 0 Å². The highest BCUT2D eigenvalue weighted by Crippen LogP contribution is 2.23. The number of halogens is 1. The van der Waals surface area contributed by atoms with Crippen LogP contribution < -0.4 is 5.32 Å². The summed E-state index contributed by atoms with van der Waals surface area (Å²) in [6.45, 7) is 5.39. The Bertz CT molecular complexity index is 638. The van der Waals surface area contributed by atoms with E-state index in [4.69, 9.17) is 11.6 Å². The van der Waals surface area contributed by atoms with Gasteiger partial charge in [-0.1, -0.05) is 25.4 Å². The SMILES string of the molecule is CC(C)NCc1ccn(Cc2cc(Cl)ccc2[N+](=O)[O-])c1. The van der Waals surface area contributed by atoms with Crippen molar-refractivity contribution in [3.63, 3.8) is 0 Å². The third kappa shape index (κ3) is 4.31. The van der Waals surface area contributed by atoms with Crippen molar-refractivity contribution in [2.45, 2.75) is 33.0 Å². The van der Waals surface area contributed by atoms with Crippen LogP contribution in [-0.2, 0) is 13.1 Å². The summed E-state index contributed by atoms with van der Waals surface area (Å²) < 4.78 is 1.93. The molecule has 0 aliphatic rings. The van der Waals surface area contributed by atoms with Gasteiger partial charge in [0, 0.05) is 36.1 Å². The first-order valence-electron chi connectivity index (χ1n) is 6.76. The molecule has 0 bridgehead atoms. The standard InChI is InChI=1S/C15H18ClN3O2/c1-11(2)17-8-12-5-6-18(9-12)10-13-7-14(16)3-4-15(13)19(20)21/h3-7,9,11,17H,8,10H2,1-2H3. The van der Waals surface area contributed by atoms with Gasteiger partial charge in [-0.05, 0) is 23.8 Å². The van der Waals surface area contributed by atoms with Gasteiger partial charge in [0.05, 0.1) is 17.0 Å². The Labute approximate surface area is 128 Å². The molecule has 0 amide bonds. The molecule has 0 atom stereocenters. The van der Waals surface area contributed by atoms with Gasteiger partial charge in [-0.15, -0.1) is 0 Å². The molecule has 0 aliphatic carbocycles. The van der Waals surface area contributed by atoms with E-state index in [0.29, 0.717) is 23.2 Å². The summed E-state index contributed by atoms with van der Waals surface area (Å²) >= 11 is 5.94. The fourth-order valence-electron chi connectivity index (χ4n) is 2.07. The first-order valence-corrected chi connectivity index (χ1v) is 7.14. The molecule has 21 heavy (non-hydrogen) atoms. The maximum Gasteiger partial charge on any atom is 0.274 e. The van der Waals surface area contributed by atoms with Crippen molar-refractivity contribution in [2.24, 2.45) is 0 Å². The molecule has 0 saturated carbocycles. The smallest absolute Gasteiger partial charge is 0.274 e. The van der Waals surface area contributed by atoms with Gasteiger partial charge in [0.1, 0.15) is 0 Å². The minimum atomic E-state index is -0.379. The fraction of sp³-hybridized carbons (Fsp3) is 0.333. The molecule has 0 saturated heterocycles. The van der Waals surface area contributed by atoms with Gasteiger partial charge in [-0.25, -0.2) is 0 Å². The largest absolute Gasteiger partial charge is 0.349 e. The molecule has 112 valence electrons. The van der Waals surface area contributed by atoms with E-state index in [9.17, 15) is 10.1 Å². The number of benzene rings is 1. The molecule has 2 aromatic rings. The minimum absolute atomic E-state index is 0.0926. The molecule has 0 unspecified atom stereocenters. The minimum Gasteiger partial charge on any atom is -0.349 e. The van der Waals surface area contributed by atoms with Crippen LogP contribution in [0.4, 0.5) is 5.69 Å². The average molecular weight is 308 g/mol. The molecule has 1 N–H and O–H groups in total. The molecule has 0 aliphatic heterocycles. The van der Waals surface area contributed by atoms with Crippen LogP contribution >= 0.6 is 11.6 Å². The van der Waals surface area contributed by atoms with E-state index < -0.39 is 0 Å². The van der Waals surface area contributed by atoms with E-state index in [0.717, 1.165) is 12.1 Å². The second kappa shape index (κ2) is 6.74. The predicted molar refractivity (Wildman–Crippen MR) is 83.6 cm³/mol. The lowest BCUT2D eigenvalue weighted by Crippen LogP contribution is -2.21. The third-order valence-corrected chi connectivity index (χ3v) is 3.35. The van der Waals surface area contributed by atoms with Crippen molar-refractivity contribution >= 4 is 17.3 Å². The van der Waals surface area contributed by atoms with Crippen LogP contribution in [0.1, 0.15) is 25.0 Å². The van der Waals surface area contributed by atoms with Crippen molar-refractivity contribution in [1.82, 2.24) is 9.88 Å². The number of nitro groups is 1. The molecular weight excluding hydrogens is 290 g/mol. The number of nitro benzene ring substituents is 1. The Morgan fingerprint density at radius 2 is 2.14 bits per heavy atom. The molecule has 1 aromatic heterocycles. The average Bonchev–Trinajstić information content (AvgIpc) is 2.83. The number of rotatable bonds is 6. The predicted octanol–water partition coefficient (Wildman–Crippen LogP) is 3.60.